The molecule has 4 amide bonds. The summed E-state index contributed by atoms with van der Waals surface area (Å²) in [7, 11) is 0. The summed E-state index contributed by atoms with van der Waals surface area (Å²) in [5.41, 5.74) is 4.87. The zero-order valence-corrected chi connectivity index (χ0v) is 29.7. The Bertz CT molecular complexity index is 1360. The molecule has 0 heterocycles. The molecule has 1 aromatic rings. The molecule has 16 nitrogen and oxygen atoms in total. The second-order valence-electron chi connectivity index (χ2n) is 11.8. The topological polar surface area (TPSA) is 279 Å². The van der Waals surface area contributed by atoms with Crippen molar-refractivity contribution >= 4 is 64.3 Å². The van der Waals surface area contributed by atoms with Crippen LogP contribution in [0.2, 0.25) is 0 Å². The number of aliphatic carboxylic acids is 4. The van der Waals surface area contributed by atoms with Gasteiger partial charge in [0.2, 0.25) is 11.8 Å². The van der Waals surface area contributed by atoms with Crippen molar-refractivity contribution < 1.29 is 72.9 Å². The molecule has 0 unspecified atom stereocenters. The fourth-order valence-electron chi connectivity index (χ4n) is 5.06. The van der Waals surface area contributed by atoms with Gasteiger partial charge in [0.15, 0.2) is 0 Å². The number of carboxylic acid groups (broad SMARTS) is 4. The second-order valence-corrected chi connectivity index (χ2v) is 13.1. The van der Waals surface area contributed by atoms with E-state index in [1.165, 1.54) is 0 Å². The standard InChI is InChI=1S/C29H42IN5O9.C2HF3O2/c30-20-5-3-4-18(14-20)15-23(33-25(38)19-9-7-17(16-31)8-10-19)26(39)32-13-2-1-6-21(27(40)41)34-29(44)35-22(28(42)43)11-12-24(36)37;3-2(4,5)1(6)7/h3-5,14,17,19,21-23H,1-2,6-13,15-16,31H2,(H,32,39)(H,33,38)(H,36,37)(H,40,41)(H,42,43)(H2,34,35,44);(H,6,7)/t17?,19?,21-,22-,23-;/m0./s1. The van der Waals surface area contributed by atoms with E-state index in [1.54, 1.807) is 0 Å². The summed E-state index contributed by atoms with van der Waals surface area (Å²) in [6.07, 6.45) is -1.63. The number of nitrogens with one attached hydrogen (secondary N) is 4. The molecule has 1 aromatic carbocycles. The van der Waals surface area contributed by atoms with Gasteiger partial charge in [0, 0.05) is 34.8 Å². The Labute approximate surface area is 304 Å². The van der Waals surface area contributed by atoms with Crippen molar-refractivity contribution in [3.63, 3.8) is 0 Å². The van der Waals surface area contributed by atoms with E-state index in [9.17, 15) is 52.2 Å². The van der Waals surface area contributed by atoms with Gasteiger partial charge in [-0.1, -0.05) is 12.1 Å². The lowest BCUT2D eigenvalue weighted by Crippen LogP contribution is -2.54. The summed E-state index contributed by atoms with van der Waals surface area (Å²) < 4.78 is 32.6. The van der Waals surface area contributed by atoms with Crippen molar-refractivity contribution in [3.05, 3.63) is 33.4 Å². The first-order chi connectivity index (χ1) is 23.8. The van der Waals surface area contributed by atoms with Gasteiger partial charge in [-0.25, -0.2) is 14.4 Å². The van der Waals surface area contributed by atoms with Crippen molar-refractivity contribution in [2.45, 2.75) is 88.5 Å². The van der Waals surface area contributed by atoms with Gasteiger partial charge in [-0.15, -0.1) is 0 Å². The summed E-state index contributed by atoms with van der Waals surface area (Å²) in [4.78, 5) is 80.9. The van der Waals surface area contributed by atoms with Gasteiger partial charge in [0.25, 0.3) is 0 Å². The van der Waals surface area contributed by atoms with E-state index in [-0.39, 0.29) is 37.1 Å². The van der Waals surface area contributed by atoms with E-state index in [2.05, 4.69) is 49.6 Å². The number of carboxylic acids is 4. The number of hydrogen-bond donors (Lipinski definition) is 8. The Kier molecular flexibility index (Phi) is 19.8. The predicted octanol–water partition coefficient (Wildman–Crippen LogP) is 0.0223. The molecule has 1 saturated carbocycles. The lowest BCUT2D eigenvalue weighted by Gasteiger charge is -2.27. The summed E-state index contributed by atoms with van der Waals surface area (Å²) in [6.45, 7) is 1.06. The number of urea groups is 1. The van der Waals surface area contributed by atoms with Crippen molar-refractivity contribution in [1.29, 1.82) is 0 Å². The molecule has 0 saturated heterocycles. The number of carbonyl (C=O) groups excluding carboxylic acids is 4. The molecule has 286 valence electrons. The van der Waals surface area contributed by atoms with Crippen LogP contribution >= 0.6 is 22.6 Å². The number of unbranched alkanes of at least 4 members (excludes halogenated alkanes) is 1. The van der Waals surface area contributed by atoms with Gasteiger partial charge in [-0.3, -0.25) is 14.4 Å². The van der Waals surface area contributed by atoms with Crippen LogP contribution in [0.1, 0.15) is 63.4 Å². The SMILES string of the molecule is O=C([O-])C(F)(F)F.[NH3+]CC1CCC(C(=O)N[C@@H](Cc2cccc(I)c2)C(=O)NCCCC[C@H](NC(=O)N[C@@H](CCC(=O)O)C(=O)O)C(=O)O)CC1. The van der Waals surface area contributed by atoms with Crippen LogP contribution in [0.25, 0.3) is 0 Å². The number of rotatable bonds is 18. The van der Waals surface area contributed by atoms with E-state index in [0.29, 0.717) is 25.2 Å². The summed E-state index contributed by atoms with van der Waals surface area (Å²) >= 11 is 2.19. The van der Waals surface area contributed by atoms with Crippen LogP contribution in [0.3, 0.4) is 0 Å². The minimum Gasteiger partial charge on any atom is -0.542 e. The summed E-state index contributed by atoms with van der Waals surface area (Å²) in [6, 6.07) is 3.02. The molecule has 10 N–H and O–H groups in total. The lowest BCUT2D eigenvalue weighted by atomic mass is 9.81. The molecule has 1 aliphatic rings. The largest absolute Gasteiger partial charge is 0.542 e. The van der Waals surface area contributed by atoms with Crippen molar-refractivity contribution in [2.75, 3.05) is 13.1 Å². The zero-order valence-electron chi connectivity index (χ0n) is 27.5. The zero-order chi connectivity index (χ0) is 38.7. The van der Waals surface area contributed by atoms with Gasteiger partial charge < -0.3 is 52.2 Å². The number of amides is 4. The third-order valence-electron chi connectivity index (χ3n) is 7.89. The van der Waals surface area contributed by atoms with Crippen molar-refractivity contribution in [3.8, 4) is 0 Å². The van der Waals surface area contributed by atoms with E-state index >= 15 is 0 Å². The van der Waals surface area contributed by atoms with Crippen molar-refractivity contribution in [2.24, 2.45) is 11.8 Å². The van der Waals surface area contributed by atoms with Gasteiger partial charge in [0.05, 0.1) is 6.54 Å². The van der Waals surface area contributed by atoms with E-state index in [4.69, 9.17) is 15.0 Å². The van der Waals surface area contributed by atoms with E-state index in [0.717, 1.165) is 41.4 Å². The van der Waals surface area contributed by atoms with Crippen LogP contribution in [0, 0.1) is 15.4 Å². The normalized spacial score (nSPS) is 17.3. The van der Waals surface area contributed by atoms with Gasteiger partial charge in [-0.05, 0) is 91.7 Å². The quantitative estimate of drug-likeness (QED) is 0.0721. The Morgan fingerprint density at radius 3 is 1.94 bits per heavy atom. The van der Waals surface area contributed by atoms with Gasteiger partial charge in [0.1, 0.15) is 24.1 Å². The summed E-state index contributed by atoms with van der Waals surface area (Å²) in [5.74, 6) is -7.12. The Morgan fingerprint density at radius 2 is 1.45 bits per heavy atom. The number of alkyl halides is 3. The molecule has 1 aliphatic carbocycles. The highest BCUT2D eigenvalue weighted by Gasteiger charge is 2.31. The minimum absolute atomic E-state index is 0.00403. The minimum atomic E-state index is -5.19. The number of quaternary nitrogens is 1. The van der Waals surface area contributed by atoms with Gasteiger partial charge in [-0.2, -0.15) is 13.2 Å². The van der Waals surface area contributed by atoms with Gasteiger partial charge >= 0.3 is 30.1 Å². The van der Waals surface area contributed by atoms with Crippen LogP contribution in [0.5, 0.6) is 0 Å². The molecule has 0 spiro atoms. The third-order valence-corrected chi connectivity index (χ3v) is 8.56. The van der Waals surface area contributed by atoms with Crippen LogP contribution in [0.15, 0.2) is 24.3 Å². The fraction of sp³-hybridized carbons (Fsp3) is 0.581. The Morgan fingerprint density at radius 1 is 0.882 bits per heavy atom. The molecule has 51 heavy (non-hydrogen) atoms. The molecule has 0 aromatic heterocycles. The molecule has 20 heteroatoms. The maximum Gasteiger partial charge on any atom is 0.430 e. The predicted molar refractivity (Wildman–Crippen MR) is 177 cm³/mol. The second kappa shape index (κ2) is 22.6. The molecular weight excluding hydrogens is 802 g/mol. The maximum absolute atomic E-state index is 13.2. The van der Waals surface area contributed by atoms with Crippen LogP contribution < -0.4 is 32.1 Å². The molecule has 3 atom stereocenters. The molecule has 2 rings (SSSR count). The molecule has 0 radical (unpaired) electrons. The third kappa shape index (κ3) is 18.6. The smallest absolute Gasteiger partial charge is 0.430 e. The maximum atomic E-state index is 13.2. The highest BCUT2D eigenvalue weighted by molar-refractivity contribution is 14.1. The molecule has 0 bridgehead atoms. The average Bonchev–Trinajstić information content (AvgIpc) is 3.05. The lowest BCUT2D eigenvalue weighted by molar-refractivity contribution is -0.380. The number of benzene rings is 1. The monoisotopic (exact) mass is 845 g/mol. The first-order valence-electron chi connectivity index (χ1n) is 16.0. The number of carbonyl (C=O) groups is 7. The van der Waals surface area contributed by atoms with Crippen molar-refractivity contribution in [1.82, 2.24) is 21.3 Å². The Balaban J connectivity index is 0.00000167. The molecule has 0 aliphatic heterocycles. The van der Waals surface area contributed by atoms with E-state index in [1.807, 2.05) is 24.3 Å². The van der Waals surface area contributed by atoms with Crippen LogP contribution in [-0.2, 0) is 35.2 Å². The first-order valence-corrected chi connectivity index (χ1v) is 17.1. The van der Waals surface area contributed by atoms with E-state index < -0.39 is 60.6 Å². The first kappa shape index (κ1) is 44.8. The molecule has 1 fully saturated rings. The van der Waals surface area contributed by atoms with Crippen LogP contribution in [0.4, 0.5) is 18.0 Å². The Hall–Kier alpha value is -4.21. The number of hydrogen-bond acceptors (Lipinski definition) is 8. The highest BCUT2D eigenvalue weighted by Crippen LogP contribution is 2.28. The highest BCUT2D eigenvalue weighted by atomic mass is 127. The summed E-state index contributed by atoms with van der Waals surface area (Å²) in [5, 5.41) is 46.2. The van der Waals surface area contributed by atoms with Crippen LogP contribution in [-0.4, -0.2) is 94.4 Å². The molecular formula is C31H43F3IN5O11. The fourth-order valence-corrected chi connectivity index (χ4v) is 5.67. The average molecular weight is 846 g/mol. The number of halogens is 4.